The molecule has 0 amide bonds. The average molecular weight is 278 g/mol. The molecule has 0 heterocycles. The van der Waals surface area contributed by atoms with Crippen LogP contribution in [0.5, 0.6) is 0 Å². The molecule has 0 rings (SSSR count). The molecule has 0 aromatic rings. The van der Waals surface area contributed by atoms with Gasteiger partial charge in [-0.25, -0.2) is 0 Å². The summed E-state index contributed by atoms with van der Waals surface area (Å²) in [6, 6.07) is 0. The molecule has 0 aromatic heterocycles. The average Bonchev–Trinajstić information content (AvgIpc) is 1.64. The van der Waals surface area contributed by atoms with Crippen molar-refractivity contribution in [3.8, 4) is 0 Å². The molecular weight excluding hydrogens is 266 g/mol. The predicted octanol–water partition coefficient (Wildman–Crippen LogP) is 2.85. The summed E-state index contributed by atoms with van der Waals surface area (Å²) >= 11 is -2.93. The molecule has 4 heteroatoms. The normalized spacial score (nSPS) is 12.0. The molecule has 0 aromatic carbocycles. The van der Waals surface area contributed by atoms with Gasteiger partial charge >= 0.3 is 68.8 Å². The first-order valence-electron chi connectivity index (χ1n) is 3.14. The molecule has 0 bridgehead atoms. The first-order valence-corrected chi connectivity index (χ1v) is 13.6. The van der Waals surface area contributed by atoms with Crippen molar-refractivity contribution in [1.29, 1.82) is 0 Å². The SMILES string of the molecule is CC[CH2][Sn]([Cl])([Cl])[O]CC. The molecule has 9 heavy (non-hydrogen) atoms. The van der Waals surface area contributed by atoms with Crippen molar-refractivity contribution >= 4 is 34.4 Å². The third-order valence-electron chi connectivity index (χ3n) is 0.897. The van der Waals surface area contributed by atoms with Gasteiger partial charge in [-0.1, -0.05) is 0 Å². The Labute approximate surface area is 68.5 Å². The van der Waals surface area contributed by atoms with E-state index in [2.05, 4.69) is 6.92 Å². The summed E-state index contributed by atoms with van der Waals surface area (Å²) in [5, 5.41) is 0. The molecule has 0 atom stereocenters. The zero-order valence-electron chi connectivity index (χ0n) is 5.79. The molecule has 1 nitrogen and oxygen atoms in total. The minimum atomic E-state index is -2.93. The fraction of sp³-hybridized carbons (Fsp3) is 1.00. The first kappa shape index (κ1) is 10.3. The molecule has 0 spiro atoms. The van der Waals surface area contributed by atoms with Gasteiger partial charge in [0, 0.05) is 0 Å². The van der Waals surface area contributed by atoms with E-state index in [-0.39, 0.29) is 0 Å². The van der Waals surface area contributed by atoms with Gasteiger partial charge in [-0.05, 0) is 0 Å². The Bertz CT molecular complexity index is 69.4. The summed E-state index contributed by atoms with van der Waals surface area (Å²) in [6.45, 7) is 4.64. The molecule has 0 radical (unpaired) electrons. The van der Waals surface area contributed by atoms with Crippen molar-refractivity contribution < 1.29 is 3.07 Å². The predicted molar refractivity (Wildman–Crippen MR) is 44.2 cm³/mol. The number of hydrogen-bond acceptors (Lipinski definition) is 1. The first-order chi connectivity index (χ1) is 4.12. The fourth-order valence-corrected chi connectivity index (χ4v) is 7.85. The van der Waals surface area contributed by atoms with Gasteiger partial charge in [0.25, 0.3) is 0 Å². The Kier molecular flexibility index (Phi) is 5.80. The van der Waals surface area contributed by atoms with E-state index in [0.717, 1.165) is 10.9 Å². The fourth-order valence-electron chi connectivity index (χ4n) is 0.574. The zero-order chi connectivity index (χ0) is 7.33. The van der Waals surface area contributed by atoms with Crippen LogP contribution in [0, 0.1) is 0 Å². The number of rotatable bonds is 4. The molecule has 0 saturated carbocycles. The second-order valence-corrected chi connectivity index (χ2v) is 17.2. The van der Waals surface area contributed by atoms with Crippen molar-refractivity contribution in [2.24, 2.45) is 0 Å². The van der Waals surface area contributed by atoms with Crippen molar-refractivity contribution in [1.82, 2.24) is 0 Å². The van der Waals surface area contributed by atoms with Crippen molar-refractivity contribution in [3.63, 3.8) is 0 Å². The van der Waals surface area contributed by atoms with Crippen LogP contribution < -0.4 is 0 Å². The molecule has 0 fully saturated rings. The van der Waals surface area contributed by atoms with Crippen LogP contribution >= 0.6 is 17.8 Å². The Morgan fingerprint density at radius 3 is 2.22 bits per heavy atom. The third kappa shape index (κ3) is 5.77. The van der Waals surface area contributed by atoms with E-state index in [1.807, 2.05) is 6.92 Å². The van der Waals surface area contributed by atoms with E-state index in [4.69, 9.17) is 20.9 Å². The Balaban J connectivity index is 3.43. The van der Waals surface area contributed by atoms with Gasteiger partial charge in [0.2, 0.25) is 0 Å². The maximum absolute atomic E-state index is 5.89. The quantitative estimate of drug-likeness (QED) is 0.718. The van der Waals surface area contributed by atoms with Crippen molar-refractivity contribution in [2.75, 3.05) is 6.61 Å². The van der Waals surface area contributed by atoms with Crippen LogP contribution in [0.1, 0.15) is 20.3 Å². The van der Waals surface area contributed by atoms with Gasteiger partial charge < -0.3 is 0 Å². The second-order valence-electron chi connectivity index (χ2n) is 1.82. The van der Waals surface area contributed by atoms with E-state index in [9.17, 15) is 0 Å². The van der Waals surface area contributed by atoms with E-state index in [0.29, 0.717) is 6.61 Å². The van der Waals surface area contributed by atoms with E-state index in [1.54, 1.807) is 0 Å². The van der Waals surface area contributed by atoms with Crippen molar-refractivity contribution in [3.05, 3.63) is 0 Å². The van der Waals surface area contributed by atoms with Crippen LogP contribution in [-0.2, 0) is 3.07 Å². The summed E-state index contributed by atoms with van der Waals surface area (Å²) in [6.07, 6.45) is 1.03. The summed E-state index contributed by atoms with van der Waals surface area (Å²) in [7, 11) is 11.8. The van der Waals surface area contributed by atoms with E-state index >= 15 is 0 Å². The third-order valence-corrected chi connectivity index (χ3v) is 10.0. The van der Waals surface area contributed by atoms with Gasteiger partial charge in [0.1, 0.15) is 0 Å². The van der Waals surface area contributed by atoms with Crippen LogP contribution in [0.2, 0.25) is 4.44 Å². The van der Waals surface area contributed by atoms with E-state index < -0.39 is 16.5 Å². The van der Waals surface area contributed by atoms with E-state index in [1.165, 1.54) is 0 Å². The van der Waals surface area contributed by atoms with Gasteiger partial charge in [-0.3, -0.25) is 0 Å². The van der Waals surface area contributed by atoms with Crippen LogP contribution in [0.3, 0.4) is 0 Å². The molecular formula is C5H12Cl2OSn. The molecule has 0 aliphatic rings. The molecule has 0 saturated heterocycles. The molecule has 0 aliphatic heterocycles. The summed E-state index contributed by atoms with van der Waals surface area (Å²) < 4.78 is 6.11. The zero-order valence-corrected chi connectivity index (χ0v) is 10.2. The van der Waals surface area contributed by atoms with Gasteiger partial charge in [0.15, 0.2) is 0 Å². The number of halogens is 2. The summed E-state index contributed by atoms with van der Waals surface area (Å²) in [5.41, 5.74) is 0. The van der Waals surface area contributed by atoms with Gasteiger partial charge in [-0.2, -0.15) is 0 Å². The minimum absolute atomic E-state index is 0.656. The number of hydrogen-bond donors (Lipinski definition) is 0. The van der Waals surface area contributed by atoms with Gasteiger partial charge in [0.05, 0.1) is 0 Å². The molecule has 56 valence electrons. The maximum atomic E-state index is 5.89. The van der Waals surface area contributed by atoms with Crippen LogP contribution in [0.15, 0.2) is 0 Å². The summed E-state index contributed by atoms with van der Waals surface area (Å²) in [5.74, 6) is 0. The van der Waals surface area contributed by atoms with Crippen LogP contribution in [0.4, 0.5) is 0 Å². The summed E-state index contributed by atoms with van der Waals surface area (Å²) in [4.78, 5) is 0. The molecule has 0 aliphatic carbocycles. The Morgan fingerprint density at radius 2 is 1.89 bits per heavy atom. The van der Waals surface area contributed by atoms with Gasteiger partial charge in [-0.15, -0.1) is 0 Å². The second kappa shape index (κ2) is 5.05. The standard InChI is InChI=1S/C3H7.C2H5O.2ClH.Sn/c1-3-2;1-2-3;;;/h1,3H2,2H3;2H2,1H3;2*1H;/q;-1;;;+3/p-2. The van der Waals surface area contributed by atoms with Crippen LogP contribution in [-0.4, -0.2) is 23.1 Å². The molecule has 0 unspecified atom stereocenters. The topological polar surface area (TPSA) is 9.23 Å². The van der Waals surface area contributed by atoms with Crippen LogP contribution in [0.25, 0.3) is 0 Å². The van der Waals surface area contributed by atoms with Crippen molar-refractivity contribution in [2.45, 2.75) is 24.7 Å². The molecule has 0 N–H and O–H groups in total. The Morgan fingerprint density at radius 1 is 1.33 bits per heavy atom. The Hall–Kier alpha value is 1.34. The monoisotopic (exact) mass is 278 g/mol.